The van der Waals surface area contributed by atoms with Crippen molar-refractivity contribution in [2.45, 2.75) is 32.0 Å². The average molecular weight is 294 g/mol. The molecule has 0 aromatic heterocycles. The standard InChI is InChI=1S/C12H11Cl3O2/c1-6-2-3-10(17-6)12(16)11-8(14)4-7(13)5-9(11)15/h4-6,10H,2-3H2,1H3. The maximum Gasteiger partial charge on any atom is 0.194 e. The predicted octanol–water partition coefficient (Wildman–Crippen LogP) is 4.40. The fourth-order valence-electron chi connectivity index (χ4n) is 1.93. The van der Waals surface area contributed by atoms with E-state index in [0.717, 1.165) is 6.42 Å². The topological polar surface area (TPSA) is 26.3 Å². The Morgan fingerprint density at radius 3 is 2.29 bits per heavy atom. The molecule has 2 nitrogen and oxygen atoms in total. The van der Waals surface area contributed by atoms with Gasteiger partial charge in [-0.15, -0.1) is 0 Å². The summed E-state index contributed by atoms with van der Waals surface area (Å²) >= 11 is 17.8. The van der Waals surface area contributed by atoms with Gasteiger partial charge in [0.2, 0.25) is 0 Å². The lowest BCUT2D eigenvalue weighted by atomic mass is 10.0. The molecule has 1 heterocycles. The van der Waals surface area contributed by atoms with Crippen molar-refractivity contribution >= 4 is 40.6 Å². The number of ketones is 1. The number of Topliss-reactive ketones (excluding diaryl/α,β-unsaturated/α-hetero) is 1. The third-order valence-corrected chi connectivity index (χ3v) is 3.59. The highest BCUT2D eigenvalue weighted by Crippen LogP contribution is 2.32. The highest BCUT2D eigenvalue weighted by Gasteiger charge is 2.31. The van der Waals surface area contributed by atoms with Crippen LogP contribution in [0, 0.1) is 0 Å². The van der Waals surface area contributed by atoms with Gasteiger partial charge in [-0.25, -0.2) is 0 Å². The van der Waals surface area contributed by atoms with E-state index in [0.29, 0.717) is 17.0 Å². The molecular weight excluding hydrogens is 282 g/mol. The number of hydrogen-bond acceptors (Lipinski definition) is 2. The van der Waals surface area contributed by atoms with Gasteiger partial charge in [0.1, 0.15) is 6.10 Å². The summed E-state index contributed by atoms with van der Waals surface area (Å²) in [6.07, 6.45) is 1.24. The van der Waals surface area contributed by atoms with Crippen molar-refractivity contribution in [3.05, 3.63) is 32.8 Å². The van der Waals surface area contributed by atoms with Crippen LogP contribution in [0.1, 0.15) is 30.1 Å². The summed E-state index contributed by atoms with van der Waals surface area (Å²) in [5.74, 6) is -0.166. The summed E-state index contributed by atoms with van der Waals surface area (Å²) in [6, 6.07) is 3.03. The first-order valence-electron chi connectivity index (χ1n) is 5.33. The van der Waals surface area contributed by atoms with Crippen molar-refractivity contribution < 1.29 is 9.53 Å². The van der Waals surface area contributed by atoms with Crippen LogP contribution >= 0.6 is 34.8 Å². The molecule has 1 aromatic carbocycles. The van der Waals surface area contributed by atoms with Crippen molar-refractivity contribution in [1.29, 1.82) is 0 Å². The lowest BCUT2D eigenvalue weighted by molar-refractivity contribution is 0.0433. The molecular formula is C12H11Cl3O2. The summed E-state index contributed by atoms with van der Waals surface area (Å²) in [6.45, 7) is 1.94. The second-order valence-corrected chi connectivity index (χ2v) is 5.37. The zero-order chi connectivity index (χ0) is 12.6. The molecule has 5 heteroatoms. The van der Waals surface area contributed by atoms with Crippen LogP contribution < -0.4 is 0 Å². The normalized spacial score (nSPS) is 24.0. The average Bonchev–Trinajstić information content (AvgIpc) is 2.63. The lowest BCUT2D eigenvalue weighted by Gasteiger charge is -2.12. The van der Waals surface area contributed by atoms with Gasteiger partial charge in [0.25, 0.3) is 0 Å². The summed E-state index contributed by atoms with van der Waals surface area (Å²) < 4.78 is 5.52. The van der Waals surface area contributed by atoms with E-state index >= 15 is 0 Å². The molecule has 0 bridgehead atoms. The Balaban J connectivity index is 2.31. The van der Waals surface area contributed by atoms with Crippen molar-refractivity contribution in [3.63, 3.8) is 0 Å². The number of ether oxygens (including phenoxy) is 1. The Morgan fingerprint density at radius 1 is 1.24 bits per heavy atom. The van der Waals surface area contributed by atoms with Crippen LogP contribution in [0.25, 0.3) is 0 Å². The van der Waals surface area contributed by atoms with Gasteiger partial charge < -0.3 is 4.74 Å². The fraction of sp³-hybridized carbons (Fsp3) is 0.417. The van der Waals surface area contributed by atoms with Gasteiger partial charge in [0, 0.05) is 5.02 Å². The maximum absolute atomic E-state index is 12.2. The van der Waals surface area contributed by atoms with Crippen molar-refractivity contribution in [2.75, 3.05) is 0 Å². The number of rotatable bonds is 2. The van der Waals surface area contributed by atoms with Gasteiger partial charge in [-0.3, -0.25) is 4.79 Å². The first-order valence-corrected chi connectivity index (χ1v) is 6.46. The number of carbonyl (C=O) groups is 1. The minimum Gasteiger partial charge on any atom is -0.367 e. The minimum atomic E-state index is -0.443. The number of hydrogen-bond donors (Lipinski definition) is 0. The van der Waals surface area contributed by atoms with E-state index in [9.17, 15) is 4.79 Å². The fourth-order valence-corrected chi connectivity index (χ4v) is 2.94. The van der Waals surface area contributed by atoms with Crippen molar-refractivity contribution in [1.82, 2.24) is 0 Å². The van der Waals surface area contributed by atoms with Crippen LogP contribution in [-0.2, 0) is 4.74 Å². The Hall–Kier alpha value is -0.280. The Morgan fingerprint density at radius 2 is 1.82 bits per heavy atom. The smallest absolute Gasteiger partial charge is 0.194 e. The molecule has 0 aliphatic carbocycles. The Labute approximate surface area is 115 Å². The SMILES string of the molecule is CC1CCC(C(=O)c2c(Cl)cc(Cl)cc2Cl)O1. The van der Waals surface area contributed by atoms with E-state index in [1.165, 1.54) is 12.1 Å². The first-order chi connectivity index (χ1) is 7.99. The molecule has 2 atom stereocenters. The highest BCUT2D eigenvalue weighted by molar-refractivity contribution is 6.42. The van der Waals surface area contributed by atoms with E-state index in [1.54, 1.807) is 0 Å². The number of carbonyl (C=O) groups excluding carboxylic acids is 1. The van der Waals surface area contributed by atoms with Crippen LogP contribution in [0.3, 0.4) is 0 Å². The molecule has 92 valence electrons. The van der Waals surface area contributed by atoms with E-state index in [-0.39, 0.29) is 21.9 Å². The van der Waals surface area contributed by atoms with Crippen LogP contribution in [-0.4, -0.2) is 18.0 Å². The monoisotopic (exact) mass is 292 g/mol. The Bertz CT molecular complexity index is 436. The number of benzene rings is 1. The van der Waals surface area contributed by atoms with Gasteiger partial charge in [-0.1, -0.05) is 34.8 Å². The summed E-state index contributed by atoms with van der Waals surface area (Å²) in [5.41, 5.74) is 0.303. The molecule has 1 saturated heterocycles. The molecule has 1 aliphatic rings. The molecule has 2 rings (SSSR count). The van der Waals surface area contributed by atoms with Crippen LogP contribution in [0.15, 0.2) is 12.1 Å². The van der Waals surface area contributed by atoms with Gasteiger partial charge in [0.05, 0.1) is 21.7 Å². The van der Waals surface area contributed by atoms with Gasteiger partial charge in [0.15, 0.2) is 5.78 Å². The predicted molar refractivity (Wildman–Crippen MR) is 69.4 cm³/mol. The summed E-state index contributed by atoms with van der Waals surface area (Å²) in [4.78, 5) is 12.2. The first kappa shape index (κ1) is 13.2. The van der Waals surface area contributed by atoms with Crippen molar-refractivity contribution in [3.8, 4) is 0 Å². The molecule has 1 fully saturated rings. The van der Waals surface area contributed by atoms with E-state index in [4.69, 9.17) is 39.5 Å². The molecule has 17 heavy (non-hydrogen) atoms. The van der Waals surface area contributed by atoms with Gasteiger partial charge in [-0.2, -0.15) is 0 Å². The molecule has 0 spiro atoms. The molecule has 1 aromatic rings. The van der Waals surface area contributed by atoms with Crippen LogP contribution in [0.4, 0.5) is 0 Å². The molecule has 2 unspecified atom stereocenters. The molecule has 0 saturated carbocycles. The maximum atomic E-state index is 12.2. The summed E-state index contributed by atoms with van der Waals surface area (Å²) in [5, 5.41) is 0.962. The molecule has 1 aliphatic heterocycles. The highest BCUT2D eigenvalue weighted by atomic mass is 35.5. The molecule has 0 N–H and O–H groups in total. The van der Waals surface area contributed by atoms with Crippen LogP contribution in [0.2, 0.25) is 15.1 Å². The largest absolute Gasteiger partial charge is 0.367 e. The van der Waals surface area contributed by atoms with E-state index < -0.39 is 6.10 Å². The summed E-state index contributed by atoms with van der Waals surface area (Å²) in [7, 11) is 0. The van der Waals surface area contributed by atoms with Crippen molar-refractivity contribution in [2.24, 2.45) is 0 Å². The second kappa shape index (κ2) is 5.15. The molecule has 0 amide bonds. The zero-order valence-corrected chi connectivity index (χ0v) is 11.4. The van der Waals surface area contributed by atoms with Gasteiger partial charge in [-0.05, 0) is 31.9 Å². The van der Waals surface area contributed by atoms with E-state index in [1.807, 2.05) is 6.92 Å². The minimum absolute atomic E-state index is 0.105. The van der Waals surface area contributed by atoms with Gasteiger partial charge >= 0.3 is 0 Å². The van der Waals surface area contributed by atoms with E-state index in [2.05, 4.69) is 0 Å². The lowest BCUT2D eigenvalue weighted by Crippen LogP contribution is -2.21. The third-order valence-electron chi connectivity index (χ3n) is 2.78. The van der Waals surface area contributed by atoms with Crippen LogP contribution in [0.5, 0.6) is 0 Å². The zero-order valence-electron chi connectivity index (χ0n) is 9.17. The third kappa shape index (κ3) is 2.76. The Kier molecular flexibility index (Phi) is 3.99. The molecule has 0 radical (unpaired) electrons. The number of halogens is 3. The quantitative estimate of drug-likeness (QED) is 0.756. The second-order valence-electron chi connectivity index (χ2n) is 4.12.